The summed E-state index contributed by atoms with van der Waals surface area (Å²) in [5, 5.41) is 0.845. The van der Waals surface area contributed by atoms with Gasteiger partial charge in [0.25, 0.3) is 5.91 Å². The van der Waals surface area contributed by atoms with Crippen LogP contribution in [-0.2, 0) is 0 Å². The van der Waals surface area contributed by atoms with Gasteiger partial charge in [0.15, 0.2) is 0 Å². The van der Waals surface area contributed by atoms with E-state index in [0.717, 1.165) is 49.1 Å². The van der Waals surface area contributed by atoms with Crippen molar-refractivity contribution in [3.63, 3.8) is 0 Å². The molecule has 4 heteroatoms. The quantitative estimate of drug-likeness (QED) is 0.568. The Bertz CT molecular complexity index is 460. The number of benzene rings is 1. The van der Waals surface area contributed by atoms with Crippen LogP contribution in [-0.4, -0.2) is 35.3 Å². The molecule has 1 aliphatic rings. The zero-order valence-electron chi connectivity index (χ0n) is 12.8. The third kappa shape index (κ3) is 4.00. The minimum Gasteiger partial charge on any atom is -0.494 e. The van der Waals surface area contributed by atoms with Gasteiger partial charge in [-0.3, -0.25) is 4.79 Å². The Morgan fingerprint density at radius 2 is 2.10 bits per heavy atom. The van der Waals surface area contributed by atoms with E-state index in [1.54, 1.807) is 0 Å². The van der Waals surface area contributed by atoms with E-state index in [0.29, 0.717) is 12.0 Å². The van der Waals surface area contributed by atoms with Gasteiger partial charge >= 0.3 is 0 Å². The summed E-state index contributed by atoms with van der Waals surface area (Å²) in [6.07, 6.45) is 3.26. The SMILES string of the molecule is CCCCOc1ccc(C(=O)N2CCC(C)C2CBr)cc1. The van der Waals surface area contributed by atoms with E-state index in [1.165, 1.54) is 0 Å². The standard InChI is InChI=1S/C17H24BrNO2/c1-3-4-11-21-15-7-5-14(6-8-15)17(20)19-10-9-13(2)16(19)12-18/h5-8,13,16H,3-4,9-12H2,1-2H3. The van der Waals surface area contributed by atoms with Crippen LogP contribution in [0.1, 0.15) is 43.5 Å². The number of amides is 1. The number of alkyl halides is 1. The summed E-state index contributed by atoms with van der Waals surface area (Å²) in [5.41, 5.74) is 0.748. The molecule has 1 heterocycles. The number of hydrogen-bond donors (Lipinski definition) is 0. The number of rotatable bonds is 6. The molecular weight excluding hydrogens is 330 g/mol. The van der Waals surface area contributed by atoms with Crippen LogP contribution in [0.2, 0.25) is 0 Å². The highest BCUT2D eigenvalue weighted by Crippen LogP contribution is 2.27. The van der Waals surface area contributed by atoms with Gasteiger partial charge in [-0.25, -0.2) is 0 Å². The largest absolute Gasteiger partial charge is 0.494 e. The Labute approximate surface area is 135 Å². The maximum absolute atomic E-state index is 12.6. The average molecular weight is 354 g/mol. The predicted octanol–water partition coefficient (Wildman–Crippen LogP) is 4.11. The van der Waals surface area contributed by atoms with E-state index in [4.69, 9.17) is 4.74 Å². The van der Waals surface area contributed by atoms with Crippen LogP contribution in [0, 0.1) is 5.92 Å². The lowest BCUT2D eigenvalue weighted by Gasteiger charge is -2.25. The lowest BCUT2D eigenvalue weighted by molar-refractivity contribution is 0.0738. The van der Waals surface area contributed by atoms with E-state index in [2.05, 4.69) is 29.8 Å². The van der Waals surface area contributed by atoms with Crippen molar-refractivity contribution in [3.8, 4) is 5.75 Å². The number of carbonyl (C=O) groups excluding carboxylic acids is 1. The second-order valence-electron chi connectivity index (χ2n) is 5.71. The lowest BCUT2D eigenvalue weighted by Crippen LogP contribution is -2.38. The molecule has 2 unspecified atom stereocenters. The molecule has 116 valence electrons. The van der Waals surface area contributed by atoms with Crippen molar-refractivity contribution in [1.29, 1.82) is 0 Å². The summed E-state index contributed by atoms with van der Waals surface area (Å²) in [7, 11) is 0. The molecule has 21 heavy (non-hydrogen) atoms. The maximum Gasteiger partial charge on any atom is 0.254 e. The molecule has 1 aliphatic heterocycles. The summed E-state index contributed by atoms with van der Waals surface area (Å²) in [6.45, 7) is 5.94. The van der Waals surface area contributed by atoms with E-state index >= 15 is 0 Å². The molecule has 0 aromatic heterocycles. The highest BCUT2D eigenvalue weighted by molar-refractivity contribution is 9.09. The van der Waals surface area contributed by atoms with Gasteiger partial charge in [-0.05, 0) is 43.0 Å². The van der Waals surface area contributed by atoms with Gasteiger partial charge in [0.05, 0.1) is 6.61 Å². The van der Waals surface area contributed by atoms with Crippen LogP contribution in [0.15, 0.2) is 24.3 Å². The van der Waals surface area contributed by atoms with E-state index in [9.17, 15) is 4.79 Å². The first kappa shape index (κ1) is 16.3. The molecule has 1 aromatic rings. The minimum atomic E-state index is 0.129. The molecule has 3 nitrogen and oxygen atoms in total. The molecule has 0 aliphatic carbocycles. The molecule has 0 N–H and O–H groups in total. The third-order valence-corrected chi connectivity index (χ3v) is 4.83. The van der Waals surface area contributed by atoms with Crippen molar-refractivity contribution in [2.45, 2.75) is 39.2 Å². The molecular formula is C17H24BrNO2. The lowest BCUT2D eigenvalue weighted by atomic mass is 10.0. The molecule has 0 spiro atoms. The summed E-state index contributed by atoms with van der Waals surface area (Å²) in [4.78, 5) is 14.6. The zero-order valence-corrected chi connectivity index (χ0v) is 14.4. The summed E-state index contributed by atoms with van der Waals surface area (Å²) in [6, 6.07) is 7.84. The number of nitrogens with zero attached hydrogens (tertiary/aromatic N) is 1. The summed E-state index contributed by atoms with van der Waals surface area (Å²) < 4.78 is 5.63. The van der Waals surface area contributed by atoms with Gasteiger partial charge in [-0.1, -0.05) is 36.2 Å². The van der Waals surface area contributed by atoms with Crippen LogP contribution in [0.5, 0.6) is 5.75 Å². The Hall–Kier alpha value is -1.03. The Morgan fingerprint density at radius 3 is 2.71 bits per heavy atom. The first-order valence-electron chi connectivity index (χ1n) is 7.77. The second-order valence-corrected chi connectivity index (χ2v) is 6.36. The molecule has 1 aromatic carbocycles. The molecule has 0 saturated carbocycles. The fourth-order valence-electron chi connectivity index (χ4n) is 2.69. The fourth-order valence-corrected chi connectivity index (χ4v) is 3.68. The molecule has 1 amide bonds. The van der Waals surface area contributed by atoms with Crippen molar-refractivity contribution in [1.82, 2.24) is 4.90 Å². The monoisotopic (exact) mass is 353 g/mol. The number of likely N-dealkylation sites (tertiary alicyclic amines) is 1. The summed E-state index contributed by atoms with van der Waals surface area (Å²) >= 11 is 3.53. The number of ether oxygens (including phenoxy) is 1. The van der Waals surface area contributed by atoms with Crippen molar-refractivity contribution in [3.05, 3.63) is 29.8 Å². The Balaban J connectivity index is 1.99. The second kappa shape index (κ2) is 7.83. The van der Waals surface area contributed by atoms with Gasteiger partial charge < -0.3 is 9.64 Å². The molecule has 0 bridgehead atoms. The number of halogens is 1. The van der Waals surface area contributed by atoms with Crippen molar-refractivity contribution in [2.24, 2.45) is 5.92 Å². The minimum absolute atomic E-state index is 0.129. The topological polar surface area (TPSA) is 29.5 Å². The first-order chi connectivity index (χ1) is 10.2. The fraction of sp³-hybridized carbons (Fsp3) is 0.588. The van der Waals surface area contributed by atoms with Crippen LogP contribution in [0.3, 0.4) is 0 Å². The normalized spacial score (nSPS) is 21.6. The van der Waals surface area contributed by atoms with Gasteiger partial charge in [0.1, 0.15) is 5.75 Å². The number of unbranched alkanes of at least 4 members (excludes halogenated alkanes) is 1. The highest BCUT2D eigenvalue weighted by atomic mass is 79.9. The van der Waals surface area contributed by atoms with Crippen LogP contribution in [0.25, 0.3) is 0 Å². The first-order valence-corrected chi connectivity index (χ1v) is 8.89. The van der Waals surface area contributed by atoms with E-state index < -0.39 is 0 Å². The maximum atomic E-state index is 12.6. The van der Waals surface area contributed by atoms with E-state index in [-0.39, 0.29) is 5.91 Å². The van der Waals surface area contributed by atoms with Crippen LogP contribution < -0.4 is 4.74 Å². The van der Waals surface area contributed by atoms with Crippen LogP contribution in [0.4, 0.5) is 0 Å². The molecule has 2 rings (SSSR count). The van der Waals surface area contributed by atoms with Crippen molar-refractivity contribution < 1.29 is 9.53 Å². The van der Waals surface area contributed by atoms with Gasteiger partial charge in [-0.2, -0.15) is 0 Å². The van der Waals surface area contributed by atoms with Crippen LogP contribution >= 0.6 is 15.9 Å². The average Bonchev–Trinajstić information content (AvgIpc) is 2.88. The Morgan fingerprint density at radius 1 is 1.38 bits per heavy atom. The highest BCUT2D eigenvalue weighted by Gasteiger charge is 2.33. The van der Waals surface area contributed by atoms with Crippen molar-refractivity contribution in [2.75, 3.05) is 18.5 Å². The van der Waals surface area contributed by atoms with Crippen molar-refractivity contribution >= 4 is 21.8 Å². The number of hydrogen-bond acceptors (Lipinski definition) is 2. The zero-order chi connectivity index (χ0) is 15.2. The molecule has 0 radical (unpaired) electrons. The van der Waals surface area contributed by atoms with Gasteiger partial charge in [0, 0.05) is 23.5 Å². The predicted molar refractivity (Wildman–Crippen MR) is 89.2 cm³/mol. The third-order valence-electron chi connectivity index (χ3n) is 4.17. The molecule has 2 atom stereocenters. The van der Waals surface area contributed by atoms with Gasteiger partial charge in [0.2, 0.25) is 0 Å². The van der Waals surface area contributed by atoms with Gasteiger partial charge in [-0.15, -0.1) is 0 Å². The molecule has 1 saturated heterocycles. The molecule has 1 fully saturated rings. The Kier molecular flexibility index (Phi) is 6.09. The smallest absolute Gasteiger partial charge is 0.254 e. The summed E-state index contributed by atoms with van der Waals surface area (Å²) in [5.74, 6) is 1.53. The van der Waals surface area contributed by atoms with E-state index in [1.807, 2.05) is 29.2 Å². The number of carbonyl (C=O) groups is 1.